The quantitative estimate of drug-likeness (QED) is 0.309. The number of rotatable bonds is 6. The molecule has 1 aliphatic heterocycles. The Morgan fingerprint density at radius 2 is 1.96 bits per heavy atom. The highest BCUT2D eigenvalue weighted by molar-refractivity contribution is 5.76. The Morgan fingerprint density at radius 1 is 1.33 bits per heavy atom. The molecule has 5 atom stereocenters. The summed E-state index contributed by atoms with van der Waals surface area (Å²) < 4.78 is 9.80. The fourth-order valence-corrected chi connectivity index (χ4v) is 2.39. The van der Waals surface area contributed by atoms with Crippen LogP contribution < -0.4 is 5.73 Å². The Kier molecular flexibility index (Phi) is 5.75. The van der Waals surface area contributed by atoms with Gasteiger partial charge in [0, 0.05) is 0 Å². The van der Waals surface area contributed by atoms with Crippen LogP contribution in [0.1, 0.15) is 5.56 Å². The zero-order valence-corrected chi connectivity index (χ0v) is 12.8. The molecule has 0 spiro atoms. The first-order valence-electron chi connectivity index (χ1n) is 7.34. The highest BCUT2D eigenvalue weighted by Gasteiger charge is 2.54. The van der Waals surface area contributed by atoms with E-state index in [0.717, 1.165) is 0 Å². The molecule has 134 valence electrons. The van der Waals surface area contributed by atoms with Crippen LogP contribution in [-0.2, 0) is 20.7 Å². The van der Waals surface area contributed by atoms with Crippen LogP contribution in [0.4, 0.5) is 0 Å². The molecule has 0 radical (unpaired) electrons. The second-order valence-electron chi connectivity index (χ2n) is 5.70. The molecule has 2 rings (SSSR count). The predicted octanol–water partition coefficient (Wildman–Crippen LogP) is -2.39. The van der Waals surface area contributed by atoms with Gasteiger partial charge in [-0.15, -0.1) is 0 Å². The minimum atomic E-state index is -2.32. The number of hydrogen-bond acceptors (Lipinski definition) is 9. The summed E-state index contributed by atoms with van der Waals surface area (Å²) in [7, 11) is 0. The third-order valence-electron chi connectivity index (χ3n) is 3.82. The van der Waals surface area contributed by atoms with Crippen LogP contribution in [0.3, 0.4) is 0 Å². The van der Waals surface area contributed by atoms with Crippen molar-refractivity contribution in [3.63, 3.8) is 0 Å². The summed E-state index contributed by atoms with van der Waals surface area (Å²) in [5.74, 6) is -3.07. The van der Waals surface area contributed by atoms with E-state index in [0.29, 0.717) is 5.56 Å². The van der Waals surface area contributed by atoms with Gasteiger partial charge in [0.25, 0.3) is 0 Å². The van der Waals surface area contributed by atoms with Crippen molar-refractivity contribution >= 4 is 5.97 Å². The first kappa shape index (κ1) is 18.6. The van der Waals surface area contributed by atoms with E-state index in [-0.39, 0.29) is 12.2 Å². The second kappa shape index (κ2) is 7.43. The summed E-state index contributed by atoms with van der Waals surface area (Å²) >= 11 is 0. The average Bonchev–Trinajstić information content (AvgIpc) is 2.79. The largest absolute Gasteiger partial charge is 0.508 e. The number of phenolic OH excluding ortho intramolecular Hbond substituents is 1. The molecule has 1 aliphatic rings. The lowest BCUT2D eigenvalue weighted by molar-refractivity contribution is -0.253. The van der Waals surface area contributed by atoms with Crippen LogP contribution >= 0.6 is 0 Å². The molecule has 0 amide bonds. The molecule has 1 fully saturated rings. The van der Waals surface area contributed by atoms with E-state index in [4.69, 9.17) is 20.3 Å². The predicted molar refractivity (Wildman–Crippen MR) is 79.7 cm³/mol. The zero-order chi connectivity index (χ0) is 17.9. The summed E-state index contributed by atoms with van der Waals surface area (Å²) in [6, 6.07) is 5.07. The number of aliphatic hydroxyl groups is 4. The molecule has 9 heteroatoms. The van der Waals surface area contributed by atoms with Gasteiger partial charge in [0.05, 0.1) is 6.61 Å². The zero-order valence-electron chi connectivity index (χ0n) is 12.8. The van der Waals surface area contributed by atoms with E-state index in [1.54, 1.807) is 12.1 Å². The number of carbonyl (C=O) groups excluding carboxylic acids is 1. The van der Waals surface area contributed by atoms with Gasteiger partial charge >= 0.3 is 5.97 Å². The van der Waals surface area contributed by atoms with Crippen molar-refractivity contribution in [3.8, 4) is 5.75 Å². The molecule has 9 nitrogen and oxygen atoms in total. The molecule has 1 aromatic carbocycles. The van der Waals surface area contributed by atoms with Gasteiger partial charge in [0.15, 0.2) is 0 Å². The van der Waals surface area contributed by atoms with Crippen molar-refractivity contribution in [2.45, 2.75) is 36.6 Å². The smallest absolute Gasteiger partial charge is 0.323 e. The van der Waals surface area contributed by atoms with Crippen LogP contribution in [0.5, 0.6) is 5.75 Å². The van der Waals surface area contributed by atoms with Gasteiger partial charge in [0.2, 0.25) is 5.79 Å². The molecule has 1 heterocycles. The van der Waals surface area contributed by atoms with Gasteiger partial charge in [-0.05, 0) is 24.1 Å². The number of hydrogen-bond donors (Lipinski definition) is 6. The van der Waals surface area contributed by atoms with Gasteiger partial charge in [-0.1, -0.05) is 12.1 Å². The van der Waals surface area contributed by atoms with Gasteiger partial charge in [0.1, 0.15) is 36.7 Å². The lowest BCUT2D eigenvalue weighted by Gasteiger charge is -2.26. The Morgan fingerprint density at radius 3 is 2.50 bits per heavy atom. The third-order valence-corrected chi connectivity index (χ3v) is 3.82. The van der Waals surface area contributed by atoms with Crippen molar-refractivity contribution in [2.75, 3.05) is 13.2 Å². The Hall–Kier alpha value is -1.75. The number of nitrogens with two attached hydrogens (primary N) is 1. The Labute approximate surface area is 137 Å². The van der Waals surface area contributed by atoms with Crippen molar-refractivity contribution in [1.82, 2.24) is 0 Å². The number of esters is 1. The standard InChI is InChI=1S/C15H21NO8/c16-10(5-8-1-3-9(18)4-2-8)14(21)23-7-15(22)13(20)12(19)11(6-17)24-15/h1-4,10-13,17-20,22H,5-7,16H2/t10-,11+,12+,13-,15+/m0/s1. The van der Waals surface area contributed by atoms with Gasteiger partial charge < -0.3 is 40.7 Å². The van der Waals surface area contributed by atoms with Crippen molar-refractivity contribution in [3.05, 3.63) is 29.8 Å². The van der Waals surface area contributed by atoms with E-state index in [2.05, 4.69) is 0 Å². The molecule has 7 N–H and O–H groups in total. The van der Waals surface area contributed by atoms with Gasteiger partial charge in [-0.2, -0.15) is 0 Å². The minimum Gasteiger partial charge on any atom is -0.508 e. The minimum absolute atomic E-state index is 0.0847. The molecule has 0 unspecified atom stereocenters. The molecule has 1 saturated heterocycles. The average molecular weight is 343 g/mol. The maximum atomic E-state index is 11.9. The number of aromatic hydroxyl groups is 1. The molecule has 0 bridgehead atoms. The second-order valence-corrected chi connectivity index (χ2v) is 5.70. The number of benzene rings is 1. The van der Waals surface area contributed by atoms with Crippen molar-refractivity contribution < 1.29 is 39.8 Å². The summed E-state index contributed by atoms with van der Waals surface area (Å²) in [6.07, 6.45) is -4.29. The van der Waals surface area contributed by atoms with Crippen LogP contribution in [0.25, 0.3) is 0 Å². The maximum Gasteiger partial charge on any atom is 0.323 e. The van der Waals surface area contributed by atoms with Gasteiger partial charge in [-0.3, -0.25) is 4.79 Å². The lowest BCUT2D eigenvalue weighted by Crippen LogP contribution is -2.48. The summed E-state index contributed by atoms with van der Waals surface area (Å²) in [4.78, 5) is 11.9. The topological polar surface area (TPSA) is 163 Å². The SMILES string of the molecule is N[C@@H](Cc1ccc(O)cc1)C(=O)OC[C@@]1(O)O[C@H](CO)[C@@H](O)[C@@H]1O. The molecule has 24 heavy (non-hydrogen) atoms. The Balaban J connectivity index is 1.89. The van der Waals surface area contributed by atoms with Crippen molar-refractivity contribution in [1.29, 1.82) is 0 Å². The lowest BCUT2D eigenvalue weighted by atomic mass is 10.1. The third kappa shape index (κ3) is 4.01. The summed E-state index contributed by atoms with van der Waals surface area (Å²) in [5, 5.41) is 47.6. The molecular formula is C15H21NO8. The summed E-state index contributed by atoms with van der Waals surface area (Å²) in [5.41, 5.74) is 6.42. The molecule has 0 aliphatic carbocycles. The highest BCUT2D eigenvalue weighted by atomic mass is 16.7. The normalized spacial score (nSPS) is 31.0. The Bertz CT molecular complexity index is 565. The molecule has 1 aromatic rings. The monoisotopic (exact) mass is 343 g/mol. The van der Waals surface area contributed by atoms with Crippen LogP contribution in [0.15, 0.2) is 24.3 Å². The number of aliphatic hydroxyl groups excluding tert-OH is 3. The number of phenols is 1. The maximum absolute atomic E-state index is 11.9. The summed E-state index contributed by atoms with van der Waals surface area (Å²) in [6.45, 7) is -1.36. The number of carbonyl (C=O) groups is 1. The molecule has 0 saturated carbocycles. The molecular weight excluding hydrogens is 322 g/mol. The van der Waals surface area contributed by atoms with Crippen molar-refractivity contribution in [2.24, 2.45) is 5.73 Å². The van der Waals surface area contributed by atoms with E-state index in [1.807, 2.05) is 0 Å². The van der Waals surface area contributed by atoms with Crippen LogP contribution in [0.2, 0.25) is 0 Å². The fourth-order valence-electron chi connectivity index (χ4n) is 2.39. The van der Waals surface area contributed by atoms with E-state index in [9.17, 15) is 25.2 Å². The highest BCUT2D eigenvalue weighted by Crippen LogP contribution is 2.29. The van der Waals surface area contributed by atoms with Crippen LogP contribution in [-0.4, -0.2) is 74.9 Å². The molecule has 0 aromatic heterocycles. The first-order valence-corrected chi connectivity index (χ1v) is 7.34. The van der Waals surface area contributed by atoms with Crippen LogP contribution in [0, 0.1) is 0 Å². The van der Waals surface area contributed by atoms with Gasteiger partial charge in [-0.25, -0.2) is 0 Å². The number of ether oxygens (including phenoxy) is 2. The van der Waals surface area contributed by atoms with E-state index in [1.165, 1.54) is 12.1 Å². The van der Waals surface area contributed by atoms with E-state index < -0.39 is 49.3 Å². The fraction of sp³-hybridized carbons (Fsp3) is 0.533. The van der Waals surface area contributed by atoms with E-state index >= 15 is 0 Å². The first-order chi connectivity index (χ1) is 11.3.